The molecule has 2 fully saturated rings. The molecule has 0 atom stereocenters. The van der Waals surface area contributed by atoms with Crippen LogP contribution in [0.3, 0.4) is 0 Å². The maximum absolute atomic E-state index is 11.7. The summed E-state index contributed by atoms with van der Waals surface area (Å²) in [5, 5.41) is 18.4. The number of anilines is 5. The van der Waals surface area contributed by atoms with Gasteiger partial charge in [-0.25, -0.2) is 9.97 Å². The number of imidazole rings is 2. The van der Waals surface area contributed by atoms with E-state index >= 15 is 0 Å². The molecule has 16 heteroatoms. The van der Waals surface area contributed by atoms with Crippen LogP contribution in [-0.4, -0.2) is 97.0 Å². The molecule has 10 aromatic rings. The molecule has 4 aromatic heterocycles. The van der Waals surface area contributed by atoms with Crippen LogP contribution < -0.4 is 26.2 Å². The molecule has 6 N–H and O–H groups in total. The van der Waals surface area contributed by atoms with Crippen molar-refractivity contribution in [2.24, 2.45) is 0 Å². The first-order chi connectivity index (χ1) is 40.6. The van der Waals surface area contributed by atoms with Crippen molar-refractivity contribution >= 4 is 56.2 Å². The molecule has 0 bridgehead atoms. The Kier molecular flexibility index (Phi) is 16.7. The van der Waals surface area contributed by atoms with Gasteiger partial charge in [0.05, 0.1) is 38.7 Å². The molecular formula is C68H76N14O2. The van der Waals surface area contributed by atoms with Crippen molar-refractivity contribution in [3.63, 3.8) is 0 Å². The number of benzene rings is 6. The highest BCUT2D eigenvalue weighted by Gasteiger charge is 2.24. The molecule has 2 saturated heterocycles. The Hall–Kier alpha value is -9.12. The Labute approximate surface area is 492 Å². The number of aromatic nitrogens is 6. The smallest absolute Gasteiger partial charge is 0.292 e. The summed E-state index contributed by atoms with van der Waals surface area (Å²) in [5.41, 5.74) is 24.6. The molecule has 6 heterocycles. The fourth-order valence-electron chi connectivity index (χ4n) is 11.1. The molecule has 6 aromatic carbocycles. The van der Waals surface area contributed by atoms with Crippen LogP contribution in [-0.2, 0) is 37.0 Å². The zero-order valence-corrected chi connectivity index (χ0v) is 49.1. The Morgan fingerprint density at radius 1 is 0.524 bits per heavy atom. The number of nitrogens with one attached hydrogen (secondary N) is 4. The van der Waals surface area contributed by atoms with Crippen LogP contribution >= 0.6 is 0 Å². The van der Waals surface area contributed by atoms with Crippen LogP contribution in [0.4, 0.5) is 34.1 Å². The minimum absolute atomic E-state index is 0.0778. The average molecular weight is 1120 g/mol. The Balaban J connectivity index is 0.000000176. The third kappa shape index (κ3) is 13.5. The van der Waals surface area contributed by atoms with Crippen LogP contribution in [0, 0.1) is 10.1 Å². The van der Waals surface area contributed by atoms with Gasteiger partial charge in [-0.15, -0.1) is 0 Å². The van der Waals surface area contributed by atoms with Gasteiger partial charge in [-0.1, -0.05) is 126 Å². The number of nitro groups is 1. The van der Waals surface area contributed by atoms with E-state index in [1.807, 2.05) is 42.6 Å². The van der Waals surface area contributed by atoms with Crippen molar-refractivity contribution < 1.29 is 4.92 Å². The van der Waals surface area contributed by atoms with Gasteiger partial charge in [0.25, 0.3) is 5.69 Å². The first kappa shape index (κ1) is 56.7. The summed E-state index contributed by atoms with van der Waals surface area (Å²) in [6.07, 6.45) is 7.14. The predicted octanol–water partition coefficient (Wildman–Crippen LogP) is 13.2. The molecule has 84 heavy (non-hydrogen) atoms. The standard InChI is InChI=1S/C34H37N7O2.C34H39N7/c1-34(2,3)27-12-10-26(11-13-27)33-37-28-7-4-8-31(32(28)38-33)40-18-16-39(17-19-40)23-24-9-14-30(41(42)43)29(20-24)36-22-25-6-5-15-35-21-25;1-34(2,3)27-12-10-26(11-13-27)33-38-29-7-4-8-31(32(29)39-33)41-18-16-40(17-19-41)23-24-9-14-28(35)30(20-24)37-22-25-6-5-15-36-21-25/h4-15,20-21,36H,16-19,22-23H2,1-3H3,(H,37,38);4-15,20-21,37H,16-19,22-23,35H2,1-3H3,(H,38,39). The molecular weight excluding hydrogens is 1040 g/mol. The zero-order valence-electron chi connectivity index (χ0n) is 49.1. The number of nitrogens with zero attached hydrogens (tertiary/aromatic N) is 9. The summed E-state index contributed by atoms with van der Waals surface area (Å²) in [4.78, 5) is 46.6. The van der Waals surface area contributed by atoms with E-state index in [0.29, 0.717) is 18.8 Å². The van der Waals surface area contributed by atoms with Gasteiger partial charge in [0, 0.05) is 121 Å². The summed E-state index contributed by atoms with van der Waals surface area (Å²) < 4.78 is 0. The normalized spacial score (nSPS) is 14.4. The predicted molar refractivity (Wildman–Crippen MR) is 343 cm³/mol. The fourth-order valence-corrected chi connectivity index (χ4v) is 11.1. The van der Waals surface area contributed by atoms with E-state index in [1.165, 1.54) is 22.4 Å². The number of aromatic amines is 2. The van der Waals surface area contributed by atoms with E-state index in [4.69, 9.17) is 15.7 Å². The van der Waals surface area contributed by atoms with E-state index in [2.05, 4.69) is 195 Å². The van der Waals surface area contributed by atoms with Crippen molar-refractivity contribution in [1.82, 2.24) is 39.7 Å². The van der Waals surface area contributed by atoms with Crippen molar-refractivity contribution in [2.45, 2.75) is 78.6 Å². The number of fused-ring (bicyclic) bond motifs is 2. The van der Waals surface area contributed by atoms with Gasteiger partial charge < -0.3 is 36.1 Å². The molecule has 0 radical (unpaired) electrons. The van der Waals surface area contributed by atoms with Crippen LogP contribution in [0.1, 0.15) is 74.9 Å². The van der Waals surface area contributed by atoms with Gasteiger partial charge in [-0.2, -0.15) is 0 Å². The summed E-state index contributed by atoms with van der Waals surface area (Å²) >= 11 is 0. The van der Waals surface area contributed by atoms with Crippen LogP contribution in [0.15, 0.2) is 170 Å². The second-order valence-corrected chi connectivity index (χ2v) is 24.2. The molecule has 2 aliphatic heterocycles. The summed E-state index contributed by atoms with van der Waals surface area (Å²) in [7, 11) is 0. The lowest BCUT2D eigenvalue weighted by atomic mass is 9.87. The van der Waals surface area contributed by atoms with Crippen molar-refractivity contribution in [3.8, 4) is 22.8 Å². The van der Waals surface area contributed by atoms with E-state index in [-0.39, 0.29) is 21.4 Å². The molecule has 0 saturated carbocycles. The largest absolute Gasteiger partial charge is 0.397 e. The molecule has 12 rings (SSSR count). The molecule has 0 amide bonds. The molecule has 0 spiro atoms. The van der Waals surface area contributed by atoms with Gasteiger partial charge in [-0.05, 0) is 98.8 Å². The number of nitro benzene ring substituents is 1. The number of nitrogen functional groups attached to an aromatic ring is 1. The van der Waals surface area contributed by atoms with Crippen molar-refractivity contribution in [1.29, 1.82) is 0 Å². The van der Waals surface area contributed by atoms with Crippen LogP contribution in [0.5, 0.6) is 0 Å². The second kappa shape index (κ2) is 24.8. The van der Waals surface area contributed by atoms with Gasteiger partial charge in [0.1, 0.15) is 28.4 Å². The van der Waals surface area contributed by atoms with Crippen LogP contribution in [0.2, 0.25) is 0 Å². The average Bonchev–Trinajstić information content (AvgIpc) is 3.95. The lowest BCUT2D eigenvalue weighted by molar-refractivity contribution is -0.384. The second-order valence-electron chi connectivity index (χ2n) is 24.2. The van der Waals surface area contributed by atoms with E-state index < -0.39 is 0 Å². The highest BCUT2D eigenvalue weighted by Crippen LogP contribution is 2.34. The Morgan fingerprint density at radius 3 is 1.39 bits per heavy atom. The van der Waals surface area contributed by atoms with Gasteiger partial charge in [0.15, 0.2) is 0 Å². The zero-order chi connectivity index (χ0) is 58.4. The Bertz CT molecular complexity index is 3830. The maximum Gasteiger partial charge on any atom is 0.292 e. The van der Waals surface area contributed by atoms with E-state index in [0.717, 1.165) is 144 Å². The van der Waals surface area contributed by atoms with Crippen LogP contribution in [0.25, 0.3) is 44.8 Å². The van der Waals surface area contributed by atoms with Crippen molar-refractivity contribution in [3.05, 3.63) is 214 Å². The number of H-pyrrole nitrogens is 2. The SMILES string of the molecule is CC(C)(C)c1ccc(-c2nc3c(N4CCN(Cc5ccc(N)c(NCc6cccnc6)c5)CC4)cccc3[nH]2)cc1.CC(C)(C)c1ccc(-c2nc3c(N4CCN(Cc5ccc([N+](=O)[O-])c(NCc6cccnc6)c5)CC4)cccc3[nH]2)cc1. The summed E-state index contributed by atoms with van der Waals surface area (Å²) in [6.45, 7) is 23.6. The van der Waals surface area contributed by atoms with E-state index in [1.54, 1.807) is 24.7 Å². The minimum Gasteiger partial charge on any atom is -0.397 e. The topological polar surface area (TPSA) is 189 Å². The molecule has 2 aliphatic rings. The quantitative estimate of drug-likeness (QED) is 0.0371. The van der Waals surface area contributed by atoms with Gasteiger partial charge in [0.2, 0.25) is 0 Å². The van der Waals surface area contributed by atoms with Crippen molar-refractivity contribution in [2.75, 3.05) is 78.5 Å². The number of pyridine rings is 2. The third-order valence-corrected chi connectivity index (χ3v) is 16.1. The summed E-state index contributed by atoms with van der Waals surface area (Å²) in [5.74, 6) is 1.80. The number of piperazine rings is 2. The molecule has 430 valence electrons. The minimum atomic E-state index is -0.337. The first-order valence-electron chi connectivity index (χ1n) is 29.1. The maximum atomic E-state index is 11.7. The highest BCUT2D eigenvalue weighted by atomic mass is 16.6. The molecule has 0 aliphatic carbocycles. The lowest BCUT2D eigenvalue weighted by Gasteiger charge is -2.36. The highest BCUT2D eigenvalue weighted by molar-refractivity contribution is 5.92. The number of rotatable bonds is 15. The molecule has 16 nitrogen and oxygen atoms in total. The summed E-state index contributed by atoms with van der Waals surface area (Å²) in [6, 6.07) is 49.7. The number of para-hydroxylation sites is 2. The monoisotopic (exact) mass is 1120 g/mol. The first-order valence-corrected chi connectivity index (χ1v) is 29.1. The third-order valence-electron chi connectivity index (χ3n) is 16.1. The number of hydrogen-bond donors (Lipinski definition) is 5. The molecule has 0 unspecified atom stereocenters. The van der Waals surface area contributed by atoms with Gasteiger partial charge >= 0.3 is 0 Å². The van der Waals surface area contributed by atoms with E-state index in [9.17, 15) is 10.1 Å². The lowest BCUT2D eigenvalue weighted by Crippen LogP contribution is -2.46. The Morgan fingerprint density at radius 2 is 0.964 bits per heavy atom. The fraction of sp³-hybridized carbons (Fsp3) is 0.294. The van der Waals surface area contributed by atoms with Gasteiger partial charge in [-0.3, -0.25) is 29.9 Å². The number of hydrogen-bond acceptors (Lipinski definition) is 13. The number of nitrogens with two attached hydrogens (primary N) is 1.